The molecule has 2 aromatic rings. The molecule has 2 nitrogen and oxygen atoms in total. The summed E-state index contributed by atoms with van der Waals surface area (Å²) in [5.74, 6) is 0.738. The summed E-state index contributed by atoms with van der Waals surface area (Å²) >= 11 is 0. The van der Waals surface area contributed by atoms with Crippen LogP contribution in [0, 0.1) is 5.92 Å². The molecule has 1 heterocycles. The summed E-state index contributed by atoms with van der Waals surface area (Å²) in [6.07, 6.45) is 6.76. The first kappa shape index (κ1) is 9.79. The number of aliphatic hydroxyl groups is 1. The Bertz CT molecular complexity index is 500. The average Bonchev–Trinajstić information content (AvgIpc) is 3.12. The molecule has 1 aromatic carbocycles. The van der Waals surface area contributed by atoms with Crippen molar-refractivity contribution >= 4 is 10.8 Å². The first-order chi connectivity index (χ1) is 7.84. The number of aromatic nitrogens is 1. The highest BCUT2D eigenvalue weighted by Crippen LogP contribution is 2.38. The number of benzene rings is 1. The molecule has 1 saturated carbocycles. The van der Waals surface area contributed by atoms with Gasteiger partial charge in [0.2, 0.25) is 0 Å². The van der Waals surface area contributed by atoms with Crippen LogP contribution < -0.4 is 0 Å². The Morgan fingerprint density at radius 3 is 3.00 bits per heavy atom. The number of hydrogen-bond donors (Lipinski definition) is 1. The molecule has 0 bridgehead atoms. The predicted molar refractivity (Wildman–Crippen MR) is 64.0 cm³/mol. The molecule has 0 amide bonds. The van der Waals surface area contributed by atoms with E-state index in [9.17, 15) is 5.11 Å². The fraction of sp³-hybridized carbons (Fsp3) is 0.357. The van der Waals surface area contributed by atoms with Gasteiger partial charge in [-0.1, -0.05) is 31.0 Å². The van der Waals surface area contributed by atoms with Gasteiger partial charge in [0.15, 0.2) is 0 Å². The lowest BCUT2D eigenvalue weighted by molar-refractivity contribution is 0.162. The summed E-state index contributed by atoms with van der Waals surface area (Å²) < 4.78 is 0. The number of nitrogens with zero attached hydrogens (tertiary/aromatic N) is 1. The van der Waals surface area contributed by atoms with Crippen molar-refractivity contribution in [1.29, 1.82) is 0 Å². The molecular weight excluding hydrogens is 198 g/mol. The van der Waals surface area contributed by atoms with Gasteiger partial charge in [0.1, 0.15) is 0 Å². The van der Waals surface area contributed by atoms with Crippen LogP contribution in [0.15, 0.2) is 36.7 Å². The van der Waals surface area contributed by atoms with Crippen LogP contribution in [0.2, 0.25) is 0 Å². The molecule has 0 aliphatic heterocycles. The highest BCUT2D eigenvalue weighted by molar-refractivity contribution is 5.85. The van der Waals surface area contributed by atoms with Crippen molar-refractivity contribution in [2.75, 3.05) is 0 Å². The largest absolute Gasteiger partial charge is 0.388 e. The summed E-state index contributed by atoms with van der Waals surface area (Å²) in [5, 5.41) is 12.4. The Labute approximate surface area is 94.9 Å². The summed E-state index contributed by atoms with van der Waals surface area (Å²) in [6.45, 7) is 0. The van der Waals surface area contributed by atoms with E-state index in [0.717, 1.165) is 28.7 Å². The zero-order chi connectivity index (χ0) is 11.0. The van der Waals surface area contributed by atoms with Gasteiger partial charge >= 0.3 is 0 Å². The quantitative estimate of drug-likeness (QED) is 0.850. The van der Waals surface area contributed by atoms with E-state index in [0.29, 0.717) is 0 Å². The number of hydrogen-bond acceptors (Lipinski definition) is 2. The van der Waals surface area contributed by atoms with Crippen molar-refractivity contribution in [3.8, 4) is 0 Å². The molecule has 1 aliphatic carbocycles. The maximum atomic E-state index is 10.2. The van der Waals surface area contributed by atoms with E-state index >= 15 is 0 Å². The van der Waals surface area contributed by atoms with Gasteiger partial charge in [-0.2, -0.15) is 0 Å². The molecule has 1 N–H and O–H groups in total. The molecule has 82 valence electrons. The molecular formula is C14H15NO. The van der Waals surface area contributed by atoms with E-state index in [1.165, 1.54) is 12.8 Å². The fourth-order valence-corrected chi connectivity index (χ4v) is 2.22. The zero-order valence-electron chi connectivity index (χ0n) is 9.13. The standard InChI is InChI=1S/C14H15NO/c16-14(8-10-4-5-10)12-3-1-2-11-6-7-15-9-13(11)12/h1-3,6-7,9-10,14,16H,4-5,8H2. The van der Waals surface area contributed by atoms with Crippen LogP contribution in [0.1, 0.15) is 30.9 Å². The van der Waals surface area contributed by atoms with Crippen LogP contribution in [0.3, 0.4) is 0 Å². The highest BCUT2D eigenvalue weighted by Gasteiger charge is 2.25. The molecule has 1 aromatic heterocycles. The van der Waals surface area contributed by atoms with Gasteiger partial charge in [-0.15, -0.1) is 0 Å². The summed E-state index contributed by atoms with van der Waals surface area (Å²) in [4.78, 5) is 4.14. The zero-order valence-corrected chi connectivity index (χ0v) is 9.13. The van der Waals surface area contributed by atoms with Crippen molar-refractivity contribution in [1.82, 2.24) is 4.98 Å². The second kappa shape index (κ2) is 3.87. The van der Waals surface area contributed by atoms with Crippen LogP contribution in [-0.2, 0) is 0 Å². The lowest BCUT2D eigenvalue weighted by Gasteiger charge is -2.12. The highest BCUT2D eigenvalue weighted by atomic mass is 16.3. The predicted octanol–water partition coefficient (Wildman–Crippen LogP) is 3.07. The lowest BCUT2D eigenvalue weighted by atomic mass is 9.99. The summed E-state index contributed by atoms with van der Waals surface area (Å²) in [6, 6.07) is 8.07. The average molecular weight is 213 g/mol. The second-order valence-electron chi connectivity index (χ2n) is 4.64. The van der Waals surface area contributed by atoms with Crippen LogP contribution >= 0.6 is 0 Å². The third-order valence-corrected chi connectivity index (χ3v) is 3.33. The number of aliphatic hydroxyl groups excluding tert-OH is 1. The molecule has 1 unspecified atom stereocenters. The van der Waals surface area contributed by atoms with Gasteiger partial charge in [-0.05, 0) is 29.4 Å². The van der Waals surface area contributed by atoms with Crippen molar-refractivity contribution in [2.45, 2.75) is 25.4 Å². The van der Waals surface area contributed by atoms with Crippen molar-refractivity contribution in [3.05, 3.63) is 42.2 Å². The maximum absolute atomic E-state index is 10.2. The van der Waals surface area contributed by atoms with Gasteiger partial charge < -0.3 is 5.11 Å². The molecule has 1 fully saturated rings. The normalized spacial score (nSPS) is 17.6. The Morgan fingerprint density at radius 1 is 1.31 bits per heavy atom. The van der Waals surface area contributed by atoms with Crippen LogP contribution in [0.25, 0.3) is 10.8 Å². The van der Waals surface area contributed by atoms with Crippen molar-refractivity contribution in [2.24, 2.45) is 5.92 Å². The van der Waals surface area contributed by atoms with Crippen molar-refractivity contribution in [3.63, 3.8) is 0 Å². The van der Waals surface area contributed by atoms with E-state index in [4.69, 9.17) is 0 Å². The molecule has 0 radical (unpaired) electrons. The first-order valence-corrected chi connectivity index (χ1v) is 5.85. The molecule has 0 saturated heterocycles. The second-order valence-corrected chi connectivity index (χ2v) is 4.64. The van der Waals surface area contributed by atoms with E-state index < -0.39 is 0 Å². The lowest BCUT2D eigenvalue weighted by Crippen LogP contribution is -1.99. The third-order valence-electron chi connectivity index (χ3n) is 3.33. The van der Waals surface area contributed by atoms with Crippen LogP contribution in [-0.4, -0.2) is 10.1 Å². The van der Waals surface area contributed by atoms with Gasteiger partial charge in [0.05, 0.1) is 6.10 Å². The topological polar surface area (TPSA) is 33.1 Å². The minimum atomic E-state index is -0.333. The Morgan fingerprint density at radius 2 is 2.19 bits per heavy atom. The van der Waals surface area contributed by atoms with Gasteiger partial charge in [0, 0.05) is 17.8 Å². The molecule has 2 heteroatoms. The monoisotopic (exact) mass is 213 g/mol. The SMILES string of the molecule is OC(CC1CC1)c1cccc2ccncc12. The number of rotatable bonds is 3. The smallest absolute Gasteiger partial charge is 0.0799 e. The minimum Gasteiger partial charge on any atom is -0.388 e. The molecule has 3 rings (SSSR count). The summed E-state index contributed by atoms with van der Waals surface area (Å²) in [7, 11) is 0. The molecule has 1 aliphatic rings. The molecule has 0 spiro atoms. The van der Waals surface area contributed by atoms with E-state index in [1.807, 2.05) is 24.4 Å². The first-order valence-electron chi connectivity index (χ1n) is 5.85. The van der Waals surface area contributed by atoms with E-state index in [2.05, 4.69) is 11.1 Å². The van der Waals surface area contributed by atoms with Gasteiger partial charge in [-0.3, -0.25) is 4.98 Å². The fourth-order valence-electron chi connectivity index (χ4n) is 2.22. The van der Waals surface area contributed by atoms with Gasteiger partial charge in [0.25, 0.3) is 0 Å². The van der Waals surface area contributed by atoms with Crippen molar-refractivity contribution < 1.29 is 5.11 Å². The Kier molecular flexibility index (Phi) is 2.37. The maximum Gasteiger partial charge on any atom is 0.0799 e. The Hall–Kier alpha value is -1.41. The van der Waals surface area contributed by atoms with E-state index in [1.54, 1.807) is 6.20 Å². The van der Waals surface area contributed by atoms with Crippen LogP contribution in [0.4, 0.5) is 0 Å². The Balaban J connectivity index is 2.00. The number of fused-ring (bicyclic) bond motifs is 1. The third kappa shape index (κ3) is 1.81. The number of pyridine rings is 1. The van der Waals surface area contributed by atoms with Crippen LogP contribution in [0.5, 0.6) is 0 Å². The molecule has 1 atom stereocenters. The van der Waals surface area contributed by atoms with Gasteiger partial charge in [-0.25, -0.2) is 0 Å². The van der Waals surface area contributed by atoms with E-state index in [-0.39, 0.29) is 6.10 Å². The molecule has 16 heavy (non-hydrogen) atoms. The summed E-state index contributed by atoms with van der Waals surface area (Å²) in [5.41, 5.74) is 1.03. The minimum absolute atomic E-state index is 0.333.